The fraction of sp³-hybridized carbons (Fsp3) is 0.462. The molecule has 0 atom stereocenters. The molecule has 3 nitrogen and oxygen atoms in total. The number of halogens is 3. The minimum absolute atomic E-state index is 0. The Hall–Kier alpha value is -1.20. The Morgan fingerprint density at radius 3 is 2.42 bits per heavy atom. The van der Waals surface area contributed by atoms with E-state index < -0.39 is 17.6 Å². The maximum Gasteiger partial charge on any atom is 0.336 e. The smallest absolute Gasteiger partial charge is 0.336 e. The Morgan fingerprint density at radius 2 is 1.95 bits per heavy atom. The van der Waals surface area contributed by atoms with Crippen LogP contribution in [0.5, 0.6) is 0 Å². The normalized spacial score (nSPS) is 10.1. The highest BCUT2D eigenvalue weighted by Crippen LogP contribution is 2.23. The number of hydrogen-bond donors (Lipinski definition) is 2. The zero-order valence-corrected chi connectivity index (χ0v) is 11.5. The molecule has 0 bridgehead atoms. The second-order valence-electron chi connectivity index (χ2n) is 4.12. The van der Waals surface area contributed by atoms with Crippen LogP contribution in [0.15, 0.2) is 6.07 Å². The lowest BCUT2D eigenvalue weighted by molar-refractivity contribution is 0.0694. The van der Waals surface area contributed by atoms with Gasteiger partial charge in [-0.1, -0.05) is 13.3 Å². The first kappa shape index (κ1) is 17.8. The summed E-state index contributed by atoms with van der Waals surface area (Å²) in [5.41, 5.74) is 4.97. The van der Waals surface area contributed by atoms with Crippen LogP contribution in [0, 0.1) is 11.6 Å². The molecule has 6 heteroatoms. The minimum atomic E-state index is -1.31. The molecule has 0 aliphatic carbocycles. The van der Waals surface area contributed by atoms with Crippen molar-refractivity contribution in [3.63, 3.8) is 0 Å². The van der Waals surface area contributed by atoms with Crippen molar-refractivity contribution in [2.24, 2.45) is 5.73 Å². The van der Waals surface area contributed by atoms with Gasteiger partial charge in [0.05, 0.1) is 5.56 Å². The van der Waals surface area contributed by atoms with Gasteiger partial charge in [0, 0.05) is 11.1 Å². The molecule has 0 aliphatic rings. The molecule has 19 heavy (non-hydrogen) atoms. The summed E-state index contributed by atoms with van der Waals surface area (Å²) in [7, 11) is 0. The average molecular weight is 294 g/mol. The predicted octanol–water partition coefficient (Wildman–Crippen LogP) is 2.93. The van der Waals surface area contributed by atoms with Crippen molar-refractivity contribution in [3.05, 3.63) is 34.4 Å². The molecular weight excluding hydrogens is 276 g/mol. The molecule has 0 unspecified atom stereocenters. The second kappa shape index (κ2) is 8.07. The highest BCUT2D eigenvalue weighted by molar-refractivity contribution is 5.89. The summed E-state index contributed by atoms with van der Waals surface area (Å²) in [6, 6.07) is 0.890. The van der Waals surface area contributed by atoms with E-state index in [1.54, 1.807) is 0 Å². The van der Waals surface area contributed by atoms with Gasteiger partial charge in [-0.15, -0.1) is 12.4 Å². The number of nitrogens with two attached hydrogens (primary N) is 1. The summed E-state index contributed by atoms with van der Waals surface area (Å²) in [5, 5.41) is 8.98. The van der Waals surface area contributed by atoms with E-state index in [0.29, 0.717) is 12.8 Å². The van der Waals surface area contributed by atoms with Crippen molar-refractivity contribution in [2.45, 2.75) is 32.6 Å². The van der Waals surface area contributed by atoms with E-state index in [4.69, 9.17) is 10.8 Å². The monoisotopic (exact) mass is 293 g/mol. The van der Waals surface area contributed by atoms with Gasteiger partial charge in [0.1, 0.15) is 11.6 Å². The third kappa shape index (κ3) is 4.14. The van der Waals surface area contributed by atoms with Gasteiger partial charge in [0.25, 0.3) is 0 Å². The number of unbranched alkanes of at least 4 members (excludes halogenated alkanes) is 1. The summed E-state index contributed by atoms with van der Waals surface area (Å²) < 4.78 is 27.7. The summed E-state index contributed by atoms with van der Waals surface area (Å²) in [4.78, 5) is 11.0. The molecule has 0 amide bonds. The van der Waals surface area contributed by atoms with Crippen LogP contribution in [-0.2, 0) is 12.8 Å². The summed E-state index contributed by atoms with van der Waals surface area (Å²) in [5.74, 6) is -2.90. The lowest BCUT2D eigenvalue weighted by Gasteiger charge is -2.12. The number of aromatic carboxylic acids is 1. The molecule has 0 saturated carbocycles. The molecule has 0 heterocycles. The number of rotatable bonds is 6. The highest BCUT2D eigenvalue weighted by atomic mass is 35.5. The van der Waals surface area contributed by atoms with Crippen LogP contribution in [0.25, 0.3) is 0 Å². The van der Waals surface area contributed by atoms with Gasteiger partial charge in [0.2, 0.25) is 0 Å². The Balaban J connectivity index is 0.00000324. The van der Waals surface area contributed by atoms with Crippen LogP contribution >= 0.6 is 12.4 Å². The highest BCUT2D eigenvalue weighted by Gasteiger charge is 2.21. The van der Waals surface area contributed by atoms with E-state index in [1.807, 2.05) is 6.92 Å². The maximum absolute atomic E-state index is 14.1. The number of benzene rings is 1. The number of carboxylic acids is 1. The van der Waals surface area contributed by atoms with E-state index in [-0.39, 0.29) is 42.1 Å². The molecule has 0 aromatic heterocycles. The van der Waals surface area contributed by atoms with Gasteiger partial charge >= 0.3 is 5.97 Å². The molecule has 0 saturated heterocycles. The van der Waals surface area contributed by atoms with Crippen molar-refractivity contribution < 1.29 is 18.7 Å². The van der Waals surface area contributed by atoms with Gasteiger partial charge in [-0.25, -0.2) is 13.6 Å². The molecule has 1 aromatic carbocycles. The molecule has 1 aromatic rings. The van der Waals surface area contributed by atoms with Crippen molar-refractivity contribution in [2.75, 3.05) is 6.54 Å². The molecule has 0 radical (unpaired) electrons. The summed E-state index contributed by atoms with van der Waals surface area (Å²) in [6.07, 6.45) is 1.82. The van der Waals surface area contributed by atoms with Gasteiger partial charge in [-0.05, 0) is 31.9 Å². The second-order valence-corrected chi connectivity index (χ2v) is 4.12. The van der Waals surface area contributed by atoms with Crippen LogP contribution in [0.3, 0.4) is 0 Å². The molecular formula is C13H18ClF2NO2. The van der Waals surface area contributed by atoms with Crippen LogP contribution in [0.2, 0.25) is 0 Å². The first-order valence-electron chi connectivity index (χ1n) is 5.96. The van der Waals surface area contributed by atoms with Crippen molar-refractivity contribution in [1.82, 2.24) is 0 Å². The minimum Gasteiger partial charge on any atom is -0.478 e. The van der Waals surface area contributed by atoms with Gasteiger partial charge < -0.3 is 10.8 Å². The number of carboxylic acid groups (broad SMARTS) is 1. The number of hydrogen-bond acceptors (Lipinski definition) is 2. The Labute approximate surface area is 117 Å². The predicted molar refractivity (Wildman–Crippen MR) is 71.9 cm³/mol. The average Bonchev–Trinajstić information content (AvgIpc) is 2.32. The van der Waals surface area contributed by atoms with Crippen molar-refractivity contribution in [1.29, 1.82) is 0 Å². The lowest BCUT2D eigenvalue weighted by Crippen LogP contribution is -2.13. The number of carbonyl (C=O) groups is 1. The summed E-state index contributed by atoms with van der Waals surface area (Å²) in [6.45, 7) is 2.04. The van der Waals surface area contributed by atoms with E-state index in [9.17, 15) is 13.6 Å². The van der Waals surface area contributed by atoms with E-state index >= 15 is 0 Å². The van der Waals surface area contributed by atoms with Gasteiger partial charge in [-0.3, -0.25) is 0 Å². The van der Waals surface area contributed by atoms with Crippen LogP contribution < -0.4 is 5.73 Å². The van der Waals surface area contributed by atoms with Crippen LogP contribution in [0.1, 0.15) is 41.3 Å². The fourth-order valence-corrected chi connectivity index (χ4v) is 1.87. The zero-order valence-electron chi connectivity index (χ0n) is 10.7. The van der Waals surface area contributed by atoms with E-state index in [1.165, 1.54) is 0 Å². The molecule has 108 valence electrons. The first-order chi connectivity index (χ1) is 8.52. The van der Waals surface area contributed by atoms with E-state index in [2.05, 4.69) is 0 Å². The zero-order chi connectivity index (χ0) is 13.7. The van der Waals surface area contributed by atoms with Gasteiger partial charge in [-0.2, -0.15) is 0 Å². The third-order valence-electron chi connectivity index (χ3n) is 2.82. The summed E-state index contributed by atoms with van der Waals surface area (Å²) >= 11 is 0. The maximum atomic E-state index is 14.1. The lowest BCUT2D eigenvalue weighted by atomic mass is 9.96. The van der Waals surface area contributed by atoms with Crippen LogP contribution in [0.4, 0.5) is 8.78 Å². The van der Waals surface area contributed by atoms with Crippen molar-refractivity contribution in [3.8, 4) is 0 Å². The molecule has 0 fully saturated rings. The quantitative estimate of drug-likeness (QED) is 0.847. The Kier molecular flexibility index (Phi) is 7.56. The molecule has 1 rings (SSSR count). The third-order valence-corrected chi connectivity index (χ3v) is 2.82. The molecule has 3 N–H and O–H groups in total. The molecule has 0 aliphatic heterocycles. The standard InChI is InChI=1S/C13H17F2NO2.ClH/c1-2-3-4-8-10(13(17)18)7-11(14)9(5-6-16)12(8)15;/h7H,2-6,16H2,1H3,(H,17,18);1H. The largest absolute Gasteiger partial charge is 0.478 e. The first-order valence-corrected chi connectivity index (χ1v) is 5.96. The Bertz CT molecular complexity index is 453. The SMILES string of the molecule is CCCCc1c(C(=O)O)cc(F)c(CCN)c1F.Cl. The topological polar surface area (TPSA) is 63.3 Å². The van der Waals surface area contributed by atoms with Crippen molar-refractivity contribution >= 4 is 18.4 Å². The molecule has 0 spiro atoms. The van der Waals surface area contributed by atoms with Crippen LogP contribution in [-0.4, -0.2) is 17.6 Å². The fourth-order valence-electron chi connectivity index (χ4n) is 1.87. The van der Waals surface area contributed by atoms with E-state index in [0.717, 1.165) is 12.5 Å². The van der Waals surface area contributed by atoms with Gasteiger partial charge in [0.15, 0.2) is 0 Å². The Morgan fingerprint density at radius 1 is 1.32 bits per heavy atom.